The Morgan fingerprint density at radius 1 is 1.52 bits per heavy atom. The number of carbonyl (C=O) groups is 1. The predicted octanol–water partition coefficient (Wildman–Crippen LogP) is 3.34. The van der Waals surface area contributed by atoms with Gasteiger partial charge >= 0.3 is 0 Å². The molecule has 23 heavy (non-hydrogen) atoms. The van der Waals surface area contributed by atoms with Crippen LogP contribution in [0.15, 0.2) is 45.3 Å². The summed E-state index contributed by atoms with van der Waals surface area (Å²) in [5.74, 6) is 0.121. The molecule has 9 heteroatoms. The number of hydrazone groups is 1. The van der Waals surface area contributed by atoms with Gasteiger partial charge in [-0.3, -0.25) is 14.9 Å². The molecule has 2 aromatic rings. The number of thiophene rings is 1. The van der Waals surface area contributed by atoms with E-state index in [2.05, 4.69) is 26.5 Å². The zero-order valence-corrected chi connectivity index (χ0v) is 14.3. The van der Waals surface area contributed by atoms with Crippen molar-refractivity contribution >= 4 is 45.1 Å². The summed E-state index contributed by atoms with van der Waals surface area (Å²) in [6.07, 6.45) is 0.601. The van der Waals surface area contributed by atoms with Crippen molar-refractivity contribution in [3.05, 3.63) is 55.2 Å². The lowest BCUT2D eigenvalue weighted by Crippen LogP contribution is -2.33. The Balaban J connectivity index is 1.89. The number of nitrogens with zero attached hydrogens (tertiary/aromatic N) is 2. The fourth-order valence-corrected chi connectivity index (χ4v) is 2.63. The Morgan fingerprint density at radius 2 is 2.26 bits per heavy atom. The maximum Gasteiger partial charge on any atom is 0.280 e. The summed E-state index contributed by atoms with van der Waals surface area (Å²) in [7, 11) is 0. The van der Waals surface area contributed by atoms with Gasteiger partial charge in [-0.25, -0.2) is 5.43 Å². The lowest BCUT2D eigenvalue weighted by atomic mass is 10.3. The summed E-state index contributed by atoms with van der Waals surface area (Å²) in [6, 6.07) is 8.56. The molecule has 0 saturated carbocycles. The molecular weight excluding hydrogens is 386 g/mol. The van der Waals surface area contributed by atoms with Gasteiger partial charge in [0.2, 0.25) is 0 Å². The standard InChI is InChI=1S/C14H12BrN3O4S/c1-9(22-13-5-3-2-4-12(13)15)14(19)17-16-7-11-6-10(8-23-11)18(20)21/h2-9H,1H3,(H,17,19)/b16-7-/t9-/m0/s1. The second-order valence-electron chi connectivity index (χ2n) is 4.39. The summed E-state index contributed by atoms with van der Waals surface area (Å²) in [6.45, 7) is 1.60. The number of para-hydroxylation sites is 1. The lowest BCUT2D eigenvalue weighted by Gasteiger charge is -2.13. The van der Waals surface area contributed by atoms with Crippen molar-refractivity contribution < 1.29 is 14.5 Å². The van der Waals surface area contributed by atoms with Gasteiger partial charge in [0, 0.05) is 6.07 Å². The Morgan fingerprint density at radius 3 is 2.91 bits per heavy atom. The average molecular weight is 398 g/mol. The van der Waals surface area contributed by atoms with E-state index in [1.165, 1.54) is 17.7 Å². The molecule has 1 amide bonds. The molecule has 0 aliphatic heterocycles. The fraction of sp³-hybridized carbons (Fsp3) is 0.143. The van der Waals surface area contributed by atoms with Crippen LogP contribution in [0.4, 0.5) is 5.69 Å². The normalized spacial score (nSPS) is 12.1. The minimum absolute atomic E-state index is 0.00611. The highest BCUT2D eigenvalue weighted by molar-refractivity contribution is 9.10. The Hall–Kier alpha value is -2.26. The molecule has 1 heterocycles. The number of ether oxygens (including phenoxy) is 1. The van der Waals surface area contributed by atoms with Crippen LogP contribution in [0.2, 0.25) is 0 Å². The molecule has 0 unspecified atom stereocenters. The summed E-state index contributed by atoms with van der Waals surface area (Å²) >= 11 is 4.49. The van der Waals surface area contributed by atoms with Gasteiger partial charge in [0.1, 0.15) is 5.75 Å². The number of rotatable bonds is 6. The number of hydrogen-bond acceptors (Lipinski definition) is 6. The van der Waals surface area contributed by atoms with Crippen LogP contribution in [0.1, 0.15) is 11.8 Å². The molecule has 2 rings (SSSR count). The van der Waals surface area contributed by atoms with Crippen molar-refractivity contribution in [2.75, 3.05) is 0 Å². The molecule has 0 aliphatic carbocycles. The van der Waals surface area contributed by atoms with Crippen LogP contribution >= 0.6 is 27.3 Å². The third kappa shape index (κ3) is 4.86. The van der Waals surface area contributed by atoms with Crippen molar-refractivity contribution in [2.24, 2.45) is 5.10 Å². The highest BCUT2D eigenvalue weighted by Crippen LogP contribution is 2.24. The van der Waals surface area contributed by atoms with E-state index in [-0.39, 0.29) is 5.69 Å². The van der Waals surface area contributed by atoms with Crippen LogP contribution in [0.3, 0.4) is 0 Å². The van der Waals surface area contributed by atoms with E-state index < -0.39 is 16.9 Å². The monoisotopic (exact) mass is 397 g/mol. The van der Waals surface area contributed by atoms with Gasteiger partial charge in [-0.2, -0.15) is 5.10 Å². The van der Waals surface area contributed by atoms with Gasteiger partial charge < -0.3 is 4.74 Å². The van der Waals surface area contributed by atoms with Gasteiger partial charge in [-0.15, -0.1) is 11.3 Å². The Bertz CT molecular complexity index is 747. The summed E-state index contributed by atoms with van der Waals surface area (Å²) in [5.41, 5.74) is 2.33. The molecule has 1 N–H and O–H groups in total. The quantitative estimate of drug-likeness (QED) is 0.459. The van der Waals surface area contributed by atoms with Gasteiger partial charge in [0.05, 0.1) is 25.9 Å². The number of halogens is 1. The number of carbonyl (C=O) groups excluding carboxylic acids is 1. The number of benzene rings is 1. The Labute approximate surface area is 144 Å². The second-order valence-corrected chi connectivity index (χ2v) is 6.19. The first-order valence-corrected chi connectivity index (χ1v) is 8.11. The van der Waals surface area contributed by atoms with Crippen LogP contribution in [0, 0.1) is 10.1 Å². The zero-order chi connectivity index (χ0) is 16.8. The minimum Gasteiger partial charge on any atom is -0.480 e. The summed E-state index contributed by atoms with van der Waals surface area (Å²) in [5, 5.41) is 15.7. The van der Waals surface area contributed by atoms with Crippen molar-refractivity contribution in [1.29, 1.82) is 0 Å². The van der Waals surface area contributed by atoms with E-state index in [4.69, 9.17) is 4.74 Å². The molecular formula is C14H12BrN3O4S. The molecule has 1 aromatic heterocycles. The van der Waals surface area contributed by atoms with Crippen molar-refractivity contribution in [2.45, 2.75) is 13.0 Å². The second kappa shape index (κ2) is 7.84. The van der Waals surface area contributed by atoms with Crippen molar-refractivity contribution in [3.63, 3.8) is 0 Å². The first-order valence-electron chi connectivity index (χ1n) is 6.44. The van der Waals surface area contributed by atoms with E-state index in [0.717, 1.165) is 15.8 Å². The predicted molar refractivity (Wildman–Crippen MR) is 90.9 cm³/mol. The number of nitro groups is 1. The van der Waals surface area contributed by atoms with Gasteiger partial charge in [0.15, 0.2) is 6.10 Å². The molecule has 0 bridgehead atoms. The highest BCUT2D eigenvalue weighted by Gasteiger charge is 2.15. The molecule has 0 saturated heterocycles. The van der Waals surface area contributed by atoms with Crippen molar-refractivity contribution in [1.82, 2.24) is 5.43 Å². The molecule has 1 aromatic carbocycles. The largest absolute Gasteiger partial charge is 0.480 e. The molecule has 0 fully saturated rings. The summed E-state index contributed by atoms with van der Waals surface area (Å²) in [4.78, 5) is 22.5. The number of hydrogen-bond donors (Lipinski definition) is 1. The third-order valence-electron chi connectivity index (χ3n) is 2.69. The average Bonchev–Trinajstić information content (AvgIpc) is 2.98. The molecule has 7 nitrogen and oxygen atoms in total. The smallest absolute Gasteiger partial charge is 0.280 e. The van der Waals surface area contributed by atoms with Gasteiger partial charge in [-0.05, 0) is 35.0 Å². The molecule has 120 valence electrons. The van der Waals surface area contributed by atoms with E-state index in [0.29, 0.717) is 10.6 Å². The number of nitrogens with one attached hydrogen (secondary N) is 1. The van der Waals surface area contributed by atoms with Crippen LogP contribution in [-0.2, 0) is 4.79 Å². The van der Waals surface area contributed by atoms with E-state index in [1.54, 1.807) is 19.1 Å². The minimum atomic E-state index is -0.747. The van der Waals surface area contributed by atoms with E-state index >= 15 is 0 Å². The van der Waals surface area contributed by atoms with Crippen LogP contribution in [0.25, 0.3) is 0 Å². The van der Waals surface area contributed by atoms with Gasteiger partial charge in [0.25, 0.3) is 11.6 Å². The topological polar surface area (TPSA) is 93.8 Å². The van der Waals surface area contributed by atoms with Crippen LogP contribution < -0.4 is 10.2 Å². The summed E-state index contributed by atoms with van der Waals surface area (Å²) < 4.78 is 6.27. The Kier molecular flexibility index (Phi) is 5.83. The maximum atomic E-state index is 11.9. The first kappa shape index (κ1) is 17.1. The number of amides is 1. The molecule has 0 aliphatic rings. The molecule has 0 spiro atoms. The SMILES string of the molecule is C[C@H](Oc1ccccc1Br)C(=O)N/N=C\c1cc([N+](=O)[O-])cs1. The first-order chi connectivity index (χ1) is 11.0. The third-order valence-corrected chi connectivity index (χ3v) is 4.20. The highest BCUT2D eigenvalue weighted by atomic mass is 79.9. The van der Waals surface area contributed by atoms with Gasteiger partial charge in [-0.1, -0.05) is 12.1 Å². The van der Waals surface area contributed by atoms with Crippen molar-refractivity contribution in [3.8, 4) is 5.75 Å². The molecule has 1 atom stereocenters. The van der Waals surface area contributed by atoms with Crippen LogP contribution in [0.5, 0.6) is 5.75 Å². The van der Waals surface area contributed by atoms with E-state index in [9.17, 15) is 14.9 Å². The maximum absolute atomic E-state index is 11.9. The molecule has 0 radical (unpaired) electrons. The fourth-order valence-electron chi connectivity index (χ4n) is 1.54. The van der Waals surface area contributed by atoms with Crippen LogP contribution in [-0.4, -0.2) is 23.1 Å². The zero-order valence-electron chi connectivity index (χ0n) is 11.9. The lowest BCUT2D eigenvalue weighted by molar-refractivity contribution is -0.384. The van der Waals surface area contributed by atoms with E-state index in [1.807, 2.05) is 12.1 Å².